The maximum absolute atomic E-state index is 13.0. The Labute approximate surface area is 198 Å². The highest BCUT2D eigenvalue weighted by Crippen LogP contribution is 2.26. The van der Waals surface area contributed by atoms with Crippen molar-refractivity contribution in [1.29, 1.82) is 0 Å². The van der Waals surface area contributed by atoms with Crippen LogP contribution in [0, 0.1) is 10.1 Å². The minimum atomic E-state index is -0.990. The van der Waals surface area contributed by atoms with Gasteiger partial charge in [-0.1, -0.05) is 48.0 Å². The molecule has 9 nitrogen and oxygen atoms in total. The van der Waals surface area contributed by atoms with Gasteiger partial charge in [0.05, 0.1) is 10.6 Å². The molecule has 1 fully saturated rings. The number of halogens is 1. The number of nitrogens with zero attached hydrogens (tertiary/aromatic N) is 2. The highest BCUT2D eigenvalue weighted by Gasteiger charge is 2.37. The van der Waals surface area contributed by atoms with E-state index in [0.29, 0.717) is 21.2 Å². The van der Waals surface area contributed by atoms with Gasteiger partial charge < -0.3 is 4.74 Å². The highest BCUT2D eigenvalue weighted by molar-refractivity contribution is 6.39. The molecule has 3 aromatic rings. The third kappa shape index (κ3) is 4.79. The average molecular weight is 478 g/mol. The molecule has 0 radical (unpaired) electrons. The van der Waals surface area contributed by atoms with Gasteiger partial charge in [-0.2, -0.15) is 0 Å². The van der Waals surface area contributed by atoms with E-state index in [2.05, 4.69) is 5.32 Å². The van der Waals surface area contributed by atoms with Gasteiger partial charge in [-0.05, 0) is 35.9 Å². The summed E-state index contributed by atoms with van der Waals surface area (Å²) in [5, 5.41) is 13.7. The SMILES string of the molecule is O=C1NC(=O)N(c2cccc([N+](=O)[O-])c2)C(=O)/C1=C/c1ccc(OCc2ccccc2Cl)cc1. The van der Waals surface area contributed by atoms with Crippen molar-refractivity contribution in [2.75, 3.05) is 4.90 Å². The van der Waals surface area contributed by atoms with Crippen LogP contribution in [0.25, 0.3) is 6.08 Å². The largest absolute Gasteiger partial charge is 0.489 e. The first-order valence-electron chi connectivity index (χ1n) is 9.95. The van der Waals surface area contributed by atoms with Crippen molar-refractivity contribution >= 4 is 46.9 Å². The first kappa shape index (κ1) is 22.7. The van der Waals surface area contributed by atoms with E-state index in [1.54, 1.807) is 30.3 Å². The fourth-order valence-corrected chi connectivity index (χ4v) is 3.43. The van der Waals surface area contributed by atoms with Crippen molar-refractivity contribution in [2.45, 2.75) is 6.61 Å². The normalized spacial score (nSPS) is 14.8. The van der Waals surface area contributed by atoms with E-state index < -0.39 is 22.8 Å². The Kier molecular flexibility index (Phi) is 6.37. The molecule has 0 atom stereocenters. The topological polar surface area (TPSA) is 119 Å². The van der Waals surface area contributed by atoms with Gasteiger partial charge in [-0.25, -0.2) is 9.69 Å². The number of benzene rings is 3. The number of urea groups is 1. The number of ether oxygens (including phenoxy) is 1. The molecular weight excluding hydrogens is 462 g/mol. The minimum Gasteiger partial charge on any atom is -0.489 e. The predicted octanol–water partition coefficient (Wildman–Crippen LogP) is 4.49. The zero-order valence-corrected chi connectivity index (χ0v) is 18.2. The van der Waals surface area contributed by atoms with Gasteiger partial charge in [0.2, 0.25) is 0 Å². The van der Waals surface area contributed by atoms with Crippen LogP contribution < -0.4 is 15.0 Å². The lowest BCUT2D eigenvalue weighted by molar-refractivity contribution is -0.384. The number of amides is 4. The van der Waals surface area contributed by atoms with Crippen LogP contribution in [0.15, 0.2) is 78.4 Å². The first-order chi connectivity index (χ1) is 16.3. The highest BCUT2D eigenvalue weighted by atomic mass is 35.5. The average Bonchev–Trinajstić information content (AvgIpc) is 2.82. The summed E-state index contributed by atoms with van der Waals surface area (Å²) in [7, 11) is 0. The molecular formula is C24H16ClN3O6. The number of imide groups is 2. The smallest absolute Gasteiger partial charge is 0.335 e. The molecule has 10 heteroatoms. The maximum Gasteiger partial charge on any atom is 0.335 e. The van der Waals surface area contributed by atoms with Crippen LogP contribution in [0.4, 0.5) is 16.2 Å². The van der Waals surface area contributed by atoms with Crippen molar-refractivity contribution in [2.24, 2.45) is 0 Å². The number of hydrogen-bond acceptors (Lipinski definition) is 6. The molecule has 1 aliphatic rings. The standard InChI is InChI=1S/C24H16ClN3O6/c25-21-7-2-1-4-16(21)14-34-19-10-8-15(9-11-19)12-20-22(29)26-24(31)27(23(20)30)17-5-3-6-18(13-17)28(32)33/h1-13H,14H2,(H,26,29,31)/b20-12+. The first-order valence-corrected chi connectivity index (χ1v) is 10.3. The van der Waals surface area contributed by atoms with Gasteiger partial charge in [0, 0.05) is 22.7 Å². The molecule has 0 spiro atoms. The van der Waals surface area contributed by atoms with Gasteiger partial charge in [0.1, 0.15) is 17.9 Å². The summed E-state index contributed by atoms with van der Waals surface area (Å²) in [6.07, 6.45) is 1.33. The zero-order valence-electron chi connectivity index (χ0n) is 17.4. The number of nitro benzene ring substituents is 1. The fraction of sp³-hybridized carbons (Fsp3) is 0.0417. The van der Waals surface area contributed by atoms with Crippen LogP contribution in [0.3, 0.4) is 0 Å². The third-order valence-electron chi connectivity index (χ3n) is 4.94. The van der Waals surface area contributed by atoms with Crippen molar-refractivity contribution in [3.63, 3.8) is 0 Å². The summed E-state index contributed by atoms with van der Waals surface area (Å²) in [6.45, 7) is 0.265. The van der Waals surface area contributed by atoms with E-state index in [-0.39, 0.29) is 23.6 Å². The molecule has 0 saturated carbocycles. The van der Waals surface area contributed by atoms with Crippen molar-refractivity contribution in [3.05, 3.63) is 105 Å². The van der Waals surface area contributed by atoms with Crippen molar-refractivity contribution in [1.82, 2.24) is 5.32 Å². The fourth-order valence-electron chi connectivity index (χ4n) is 3.24. The van der Waals surface area contributed by atoms with Gasteiger partial charge in [0.15, 0.2) is 0 Å². The molecule has 1 N–H and O–H groups in total. The van der Waals surface area contributed by atoms with E-state index >= 15 is 0 Å². The second-order valence-corrected chi connectivity index (χ2v) is 7.59. The van der Waals surface area contributed by atoms with E-state index in [1.165, 1.54) is 24.3 Å². The molecule has 0 aliphatic carbocycles. The molecule has 1 aliphatic heterocycles. The Balaban J connectivity index is 1.54. The molecule has 34 heavy (non-hydrogen) atoms. The van der Waals surface area contributed by atoms with Crippen LogP contribution in [0.2, 0.25) is 5.02 Å². The Morgan fingerprint density at radius 1 is 1.00 bits per heavy atom. The van der Waals surface area contributed by atoms with Crippen LogP contribution in [0.1, 0.15) is 11.1 Å². The predicted molar refractivity (Wildman–Crippen MR) is 124 cm³/mol. The molecule has 1 heterocycles. The lowest BCUT2D eigenvalue weighted by Crippen LogP contribution is -2.54. The maximum atomic E-state index is 13.0. The number of carbonyl (C=O) groups is 3. The second kappa shape index (κ2) is 9.55. The van der Waals surface area contributed by atoms with Gasteiger partial charge in [0.25, 0.3) is 17.5 Å². The molecule has 170 valence electrons. The Morgan fingerprint density at radius 3 is 2.44 bits per heavy atom. The second-order valence-electron chi connectivity index (χ2n) is 7.18. The van der Waals surface area contributed by atoms with Crippen LogP contribution in [-0.2, 0) is 16.2 Å². The number of nitro groups is 1. The van der Waals surface area contributed by atoms with Gasteiger partial charge in [-0.3, -0.25) is 25.0 Å². The zero-order chi connectivity index (χ0) is 24.2. The molecule has 3 aromatic carbocycles. The Hall–Kier alpha value is -4.50. The Bertz CT molecular complexity index is 1340. The van der Waals surface area contributed by atoms with Gasteiger partial charge in [-0.15, -0.1) is 0 Å². The van der Waals surface area contributed by atoms with E-state index in [9.17, 15) is 24.5 Å². The van der Waals surface area contributed by atoms with Crippen molar-refractivity contribution < 1.29 is 24.0 Å². The molecule has 4 amide bonds. The number of non-ortho nitro benzene ring substituents is 1. The summed E-state index contributed by atoms with van der Waals surface area (Å²) in [5.74, 6) is -1.21. The van der Waals surface area contributed by atoms with Crippen molar-refractivity contribution in [3.8, 4) is 5.75 Å². The van der Waals surface area contributed by atoms with Gasteiger partial charge >= 0.3 is 6.03 Å². The van der Waals surface area contributed by atoms with Crippen LogP contribution in [-0.4, -0.2) is 22.8 Å². The molecule has 0 bridgehead atoms. The van der Waals surface area contributed by atoms with E-state index in [4.69, 9.17) is 16.3 Å². The van der Waals surface area contributed by atoms with E-state index in [0.717, 1.165) is 11.6 Å². The molecule has 0 aromatic heterocycles. The summed E-state index contributed by atoms with van der Waals surface area (Å²) in [6, 6.07) is 17.9. The van der Waals surface area contributed by atoms with Crippen LogP contribution in [0.5, 0.6) is 5.75 Å². The number of barbiturate groups is 1. The van der Waals surface area contributed by atoms with Crippen LogP contribution >= 0.6 is 11.6 Å². The lowest BCUT2D eigenvalue weighted by atomic mass is 10.1. The third-order valence-corrected chi connectivity index (χ3v) is 5.31. The summed E-state index contributed by atoms with van der Waals surface area (Å²) < 4.78 is 5.72. The summed E-state index contributed by atoms with van der Waals surface area (Å²) >= 11 is 6.12. The number of nitrogens with one attached hydrogen (secondary N) is 1. The summed E-state index contributed by atoms with van der Waals surface area (Å²) in [5.41, 5.74) is 0.713. The monoisotopic (exact) mass is 477 g/mol. The number of carbonyl (C=O) groups excluding carboxylic acids is 3. The molecule has 0 unspecified atom stereocenters. The van der Waals surface area contributed by atoms with E-state index in [1.807, 2.05) is 18.2 Å². The number of hydrogen-bond donors (Lipinski definition) is 1. The lowest BCUT2D eigenvalue weighted by Gasteiger charge is -2.26. The molecule has 1 saturated heterocycles. The summed E-state index contributed by atoms with van der Waals surface area (Å²) in [4.78, 5) is 48.7. The minimum absolute atomic E-state index is 0.0292. The number of rotatable bonds is 6. The Morgan fingerprint density at radius 2 is 1.74 bits per heavy atom. The number of anilines is 1. The molecule has 4 rings (SSSR count). The quantitative estimate of drug-likeness (QED) is 0.242.